The number of ketones is 1. The molecule has 2 N–H and O–H groups in total. The first-order valence-corrected chi connectivity index (χ1v) is 5.71. The topological polar surface area (TPSA) is 81.2 Å². The molecule has 0 amide bonds. The summed E-state index contributed by atoms with van der Waals surface area (Å²) < 4.78 is 0. The molecule has 0 aliphatic carbocycles. The molecule has 2 rings (SSSR count). The number of hydrazone groups is 1. The summed E-state index contributed by atoms with van der Waals surface area (Å²) in [5.74, 6) is 5.12. The highest BCUT2D eigenvalue weighted by Gasteiger charge is 1.94. The van der Waals surface area contributed by atoms with Gasteiger partial charge in [-0.2, -0.15) is 5.10 Å². The molecule has 5 heteroatoms. The Morgan fingerprint density at radius 2 is 1.58 bits per heavy atom. The molecule has 2 aromatic heterocycles. The second-order valence-corrected chi connectivity index (χ2v) is 3.75. The number of nitrogens with zero attached hydrogens (tertiary/aromatic N) is 3. The van der Waals surface area contributed by atoms with Crippen LogP contribution in [0.1, 0.15) is 29.8 Å². The van der Waals surface area contributed by atoms with E-state index in [4.69, 9.17) is 5.84 Å². The normalized spacial score (nSPS) is 10.3. The maximum Gasteiger partial charge on any atom is 0.161 e. The van der Waals surface area contributed by atoms with E-state index >= 15 is 0 Å². The number of aromatic nitrogens is 2. The molecule has 0 radical (unpaired) electrons. The van der Waals surface area contributed by atoms with E-state index in [1.165, 1.54) is 6.92 Å². The van der Waals surface area contributed by atoms with Gasteiger partial charge in [-0.1, -0.05) is 6.07 Å². The fourth-order valence-electron chi connectivity index (χ4n) is 1.22. The number of pyridine rings is 2. The Morgan fingerprint density at radius 1 is 1.05 bits per heavy atom. The van der Waals surface area contributed by atoms with Gasteiger partial charge < -0.3 is 5.84 Å². The Kier molecular flexibility index (Phi) is 5.88. The highest BCUT2D eigenvalue weighted by atomic mass is 16.1. The van der Waals surface area contributed by atoms with Crippen LogP contribution in [0.5, 0.6) is 0 Å². The van der Waals surface area contributed by atoms with Crippen molar-refractivity contribution in [3.63, 3.8) is 0 Å². The average Bonchev–Trinajstić information content (AvgIpc) is 2.49. The number of rotatable bonds is 2. The molecular weight excluding hydrogens is 240 g/mol. The van der Waals surface area contributed by atoms with Gasteiger partial charge in [0.05, 0.1) is 5.71 Å². The van der Waals surface area contributed by atoms with E-state index < -0.39 is 0 Å². The van der Waals surface area contributed by atoms with Gasteiger partial charge in [0, 0.05) is 35.9 Å². The monoisotopic (exact) mass is 256 g/mol. The van der Waals surface area contributed by atoms with Gasteiger partial charge in [0.2, 0.25) is 0 Å². The lowest BCUT2D eigenvalue weighted by atomic mass is 10.2. The fraction of sp³-hybridized carbons (Fsp3) is 0.143. The van der Waals surface area contributed by atoms with Crippen molar-refractivity contribution < 1.29 is 4.79 Å². The van der Waals surface area contributed by atoms with Gasteiger partial charge >= 0.3 is 0 Å². The quantitative estimate of drug-likeness (QED) is 0.386. The van der Waals surface area contributed by atoms with E-state index in [1.54, 1.807) is 36.9 Å². The third-order valence-corrected chi connectivity index (χ3v) is 2.34. The minimum Gasteiger partial charge on any atom is -0.323 e. The highest BCUT2D eigenvalue weighted by molar-refractivity contribution is 5.98. The van der Waals surface area contributed by atoms with Gasteiger partial charge in [-0.3, -0.25) is 14.8 Å². The first-order chi connectivity index (χ1) is 9.15. The van der Waals surface area contributed by atoms with Crippen LogP contribution in [-0.2, 0) is 0 Å². The van der Waals surface area contributed by atoms with Crippen LogP contribution in [0.25, 0.3) is 0 Å². The van der Waals surface area contributed by atoms with Crippen LogP contribution >= 0.6 is 0 Å². The van der Waals surface area contributed by atoms with Crippen molar-refractivity contribution in [2.45, 2.75) is 13.8 Å². The largest absolute Gasteiger partial charge is 0.323 e. The van der Waals surface area contributed by atoms with Crippen molar-refractivity contribution in [1.29, 1.82) is 0 Å². The van der Waals surface area contributed by atoms with Crippen LogP contribution < -0.4 is 5.84 Å². The van der Waals surface area contributed by atoms with Crippen LogP contribution in [0.4, 0.5) is 0 Å². The lowest BCUT2D eigenvalue weighted by Gasteiger charge is -1.94. The summed E-state index contributed by atoms with van der Waals surface area (Å²) >= 11 is 0. The van der Waals surface area contributed by atoms with Crippen molar-refractivity contribution in [3.05, 3.63) is 60.2 Å². The summed E-state index contributed by atoms with van der Waals surface area (Å²) in [6.45, 7) is 3.37. The number of hydrogen-bond acceptors (Lipinski definition) is 5. The first kappa shape index (κ1) is 14.5. The predicted molar refractivity (Wildman–Crippen MR) is 74.9 cm³/mol. The summed E-state index contributed by atoms with van der Waals surface area (Å²) in [6, 6.07) is 7.26. The third kappa shape index (κ3) is 5.08. The van der Waals surface area contributed by atoms with Crippen molar-refractivity contribution in [1.82, 2.24) is 9.97 Å². The van der Waals surface area contributed by atoms with Gasteiger partial charge in [0.25, 0.3) is 0 Å². The van der Waals surface area contributed by atoms with E-state index in [-0.39, 0.29) is 5.78 Å². The molecule has 0 saturated carbocycles. The second-order valence-electron chi connectivity index (χ2n) is 3.75. The van der Waals surface area contributed by atoms with E-state index in [9.17, 15) is 4.79 Å². The van der Waals surface area contributed by atoms with Crippen molar-refractivity contribution in [3.8, 4) is 0 Å². The molecular formula is C14H16N4O. The molecule has 0 atom stereocenters. The van der Waals surface area contributed by atoms with E-state index in [0.717, 1.165) is 11.3 Å². The maximum absolute atomic E-state index is 10.6. The molecule has 0 aromatic carbocycles. The van der Waals surface area contributed by atoms with Crippen LogP contribution in [0, 0.1) is 0 Å². The average molecular weight is 256 g/mol. The van der Waals surface area contributed by atoms with E-state index in [2.05, 4.69) is 15.1 Å². The number of carbonyl (C=O) groups is 1. The molecule has 0 aliphatic rings. The minimum atomic E-state index is 0.0584. The van der Waals surface area contributed by atoms with Crippen molar-refractivity contribution in [2.75, 3.05) is 0 Å². The Balaban J connectivity index is 0.000000191. The Hall–Kier alpha value is -2.56. The summed E-state index contributed by atoms with van der Waals surface area (Å²) in [5, 5.41) is 3.54. The van der Waals surface area contributed by atoms with Gasteiger partial charge in [-0.25, -0.2) is 0 Å². The zero-order valence-electron chi connectivity index (χ0n) is 10.9. The molecule has 98 valence electrons. The molecule has 0 saturated heterocycles. The van der Waals surface area contributed by atoms with Gasteiger partial charge in [-0.15, -0.1) is 0 Å². The Bertz CT molecular complexity index is 538. The van der Waals surface area contributed by atoms with E-state index in [0.29, 0.717) is 5.56 Å². The second kappa shape index (κ2) is 7.71. The summed E-state index contributed by atoms with van der Waals surface area (Å²) in [7, 11) is 0. The van der Waals surface area contributed by atoms with Crippen LogP contribution in [-0.4, -0.2) is 21.5 Å². The van der Waals surface area contributed by atoms with Gasteiger partial charge in [-0.05, 0) is 32.0 Å². The summed E-state index contributed by atoms with van der Waals surface area (Å²) in [4.78, 5) is 18.3. The fourth-order valence-corrected chi connectivity index (χ4v) is 1.22. The Morgan fingerprint density at radius 3 is 1.89 bits per heavy atom. The van der Waals surface area contributed by atoms with Crippen LogP contribution in [0.15, 0.2) is 54.2 Å². The lowest BCUT2D eigenvalue weighted by Crippen LogP contribution is -1.98. The predicted octanol–water partition coefficient (Wildman–Crippen LogP) is 2.05. The molecule has 0 unspecified atom stereocenters. The number of nitrogens with two attached hydrogens (primary N) is 1. The lowest BCUT2D eigenvalue weighted by molar-refractivity contribution is 0.101. The number of hydrogen-bond donors (Lipinski definition) is 1. The molecule has 19 heavy (non-hydrogen) atoms. The first-order valence-electron chi connectivity index (χ1n) is 5.71. The van der Waals surface area contributed by atoms with Crippen molar-refractivity contribution >= 4 is 11.5 Å². The zero-order valence-corrected chi connectivity index (χ0v) is 10.9. The molecule has 0 fully saturated rings. The van der Waals surface area contributed by atoms with Gasteiger partial charge in [0.1, 0.15) is 0 Å². The van der Waals surface area contributed by atoms with E-state index in [1.807, 2.05) is 19.1 Å². The maximum atomic E-state index is 10.6. The van der Waals surface area contributed by atoms with Crippen LogP contribution in [0.3, 0.4) is 0 Å². The molecule has 2 aromatic rings. The molecule has 0 aliphatic heterocycles. The molecule has 2 heterocycles. The standard InChI is InChI=1S/C7H9N3.C7H7NO/c1-6(10-8)7-3-2-4-9-5-7;1-6(9)7-3-2-4-8-5-7/h2-5H,8H2,1H3;2-5H,1H3. The Labute approximate surface area is 112 Å². The van der Waals surface area contributed by atoms with Gasteiger partial charge in [0.15, 0.2) is 5.78 Å². The smallest absolute Gasteiger partial charge is 0.161 e. The summed E-state index contributed by atoms with van der Waals surface area (Å²) in [5.41, 5.74) is 2.43. The molecule has 0 bridgehead atoms. The summed E-state index contributed by atoms with van der Waals surface area (Å²) in [6.07, 6.45) is 6.65. The van der Waals surface area contributed by atoms with Crippen molar-refractivity contribution in [2.24, 2.45) is 10.9 Å². The van der Waals surface area contributed by atoms with Crippen LogP contribution in [0.2, 0.25) is 0 Å². The minimum absolute atomic E-state index is 0.0584. The zero-order chi connectivity index (χ0) is 14.1. The number of Topliss-reactive ketones (excluding diaryl/α,β-unsaturated/α-hetero) is 1. The number of carbonyl (C=O) groups excluding carboxylic acids is 1. The SMILES string of the molecule is CC(=NN)c1cccnc1.CC(=O)c1cccnc1. The molecule has 5 nitrogen and oxygen atoms in total. The highest BCUT2D eigenvalue weighted by Crippen LogP contribution is 1.96. The third-order valence-electron chi connectivity index (χ3n) is 2.34. The molecule has 0 spiro atoms.